The number of hydrogen-bond donors (Lipinski definition) is 1. The first-order valence-corrected chi connectivity index (χ1v) is 4.36. The molecule has 0 aliphatic carbocycles. The second kappa shape index (κ2) is 3.63. The first kappa shape index (κ1) is 8.96. The van der Waals surface area contributed by atoms with Crippen LogP contribution in [-0.2, 0) is 0 Å². The number of nitrogens with zero attached hydrogens (tertiary/aromatic N) is 2. The molecule has 0 saturated carbocycles. The van der Waals surface area contributed by atoms with Crippen molar-refractivity contribution in [2.75, 3.05) is 7.05 Å². The minimum Gasteiger partial charge on any atom is -0.459 e. The molecule has 1 N–H and O–H groups in total. The highest BCUT2D eigenvalue weighted by atomic mass is 16.4. The SMILES string of the molecule is CNC(C)c1nnc(-c2ccco2)o1. The second-order valence-corrected chi connectivity index (χ2v) is 2.93. The highest BCUT2D eigenvalue weighted by Crippen LogP contribution is 2.20. The molecule has 0 bridgehead atoms. The topological polar surface area (TPSA) is 64.1 Å². The number of aromatic nitrogens is 2. The molecule has 2 aromatic heterocycles. The molecule has 1 unspecified atom stereocenters. The Hall–Kier alpha value is -1.62. The average molecular weight is 193 g/mol. The van der Waals surface area contributed by atoms with E-state index in [4.69, 9.17) is 8.83 Å². The van der Waals surface area contributed by atoms with E-state index in [0.29, 0.717) is 17.5 Å². The van der Waals surface area contributed by atoms with Crippen LogP contribution in [0, 0.1) is 0 Å². The summed E-state index contributed by atoms with van der Waals surface area (Å²) in [6.07, 6.45) is 1.57. The zero-order valence-electron chi connectivity index (χ0n) is 8.02. The second-order valence-electron chi connectivity index (χ2n) is 2.93. The summed E-state index contributed by atoms with van der Waals surface area (Å²) in [5, 5.41) is 10.8. The third-order valence-corrected chi connectivity index (χ3v) is 1.98. The van der Waals surface area contributed by atoms with Gasteiger partial charge in [0.2, 0.25) is 5.89 Å². The standard InChI is InChI=1S/C9H11N3O2/c1-6(10-2)8-11-12-9(14-8)7-4-3-5-13-7/h3-6,10H,1-2H3. The lowest BCUT2D eigenvalue weighted by atomic mass is 10.3. The summed E-state index contributed by atoms with van der Waals surface area (Å²) < 4.78 is 10.5. The van der Waals surface area contributed by atoms with Crippen LogP contribution in [0.2, 0.25) is 0 Å². The van der Waals surface area contributed by atoms with E-state index in [0.717, 1.165) is 0 Å². The van der Waals surface area contributed by atoms with Gasteiger partial charge in [0.05, 0.1) is 12.3 Å². The Morgan fingerprint density at radius 2 is 2.29 bits per heavy atom. The predicted molar refractivity (Wildman–Crippen MR) is 49.5 cm³/mol. The molecular formula is C9H11N3O2. The van der Waals surface area contributed by atoms with Crippen LogP contribution in [0.3, 0.4) is 0 Å². The van der Waals surface area contributed by atoms with Crippen molar-refractivity contribution in [2.45, 2.75) is 13.0 Å². The third kappa shape index (κ3) is 1.54. The van der Waals surface area contributed by atoms with Crippen molar-refractivity contribution in [1.29, 1.82) is 0 Å². The van der Waals surface area contributed by atoms with Crippen molar-refractivity contribution in [3.63, 3.8) is 0 Å². The monoisotopic (exact) mass is 193 g/mol. The van der Waals surface area contributed by atoms with Crippen LogP contribution >= 0.6 is 0 Å². The fourth-order valence-corrected chi connectivity index (χ4v) is 1.03. The number of nitrogens with one attached hydrogen (secondary N) is 1. The van der Waals surface area contributed by atoms with E-state index >= 15 is 0 Å². The fraction of sp³-hybridized carbons (Fsp3) is 0.333. The lowest BCUT2D eigenvalue weighted by Gasteiger charge is -2.01. The smallest absolute Gasteiger partial charge is 0.283 e. The van der Waals surface area contributed by atoms with E-state index in [1.807, 2.05) is 14.0 Å². The molecular weight excluding hydrogens is 182 g/mol. The Morgan fingerprint density at radius 1 is 1.43 bits per heavy atom. The van der Waals surface area contributed by atoms with E-state index in [9.17, 15) is 0 Å². The molecule has 0 amide bonds. The first-order chi connectivity index (χ1) is 6.81. The zero-order valence-corrected chi connectivity index (χ0v) is 8.02. The lowest BCUT2D eigenvalue weighted by molar-refractivity contribution is 0.431. The molecule has 2 rings (SSSR count). The summed E-state index contributed by atoms with van der Waals surface area (Å²) in [5.74, 6) is 1.55. The van der Waals surface area contributed by atoms with E-state index in [1.165, 1.54) is 0 Å². The molecule has 0 aliphatic heterocycles. The van der Waals surface area contributed by atoms with Gasteiger partial charge in [-0.25, -0.2) is 0 Å². The molecule has 5 nitrogen and oxygen atoms in total. The van der Waals surface area contributed by atoms with Gasteiger partial charge in [-0.15, -0.1) is 10.2 Å². The largest absolute Gasteiger partial charge is 0.459 e. The van der Waals surface area contributed by atoms with Crippen molar-refractivity contribution >= 4 is 0 Å². The molecule has 2 aromatic rings. The van der Waals surface area contributed by atoms with E-state index in [1.54, 1.807) is 18.4 Å². The summed E-state index contributed by atoms with van der Waals surface area (Å²) in [6, 6.07) is 3.60. The Bertz CT molecular complexity index is 394. The average Bonchev–Trinajstić information content (AvgIpc) is 2.86. The van der Waals surface area contributed by atoms with Gasteiger partial charge in [-0.2, -0.15) is 0 Å². The van der Waals surface area contributed by atoms with E-state index in [-0.39, 0.29) is 6.04 Å². The molecule has 0 spiro atoms. The third-order valence-electron chi connectivity index (χ3n) is 1.98. The van der Waals surface area contributed by atoms with Gasteiger partial charge in [-0.05, 0) is 26.1 Å². The Balaban J connectivity index is 2.26. The lowest BCUT2D eigenvalue weighted by Crippen LogP contribution is -2.12. The summed E-state index contributed by atoms with van der Waals surface area (Å²) in [5.41, 5.74) is 0. The molecule has 0 aliphatic rings. The summed E-state index contributed by atoms with van der Waals surface area (Å²) >= 11 is 0. The molecule has 0 saturated heterocycles. The quantitative estimate of drug-likeness (QED) is 0.802. The summed E-state index contributed by atoms with van der Waals surface area (Å²) in [7, 11) is 1.83. The van der Waals surface area contributed by atoms with Crippen molar-refractivity contribution in [2.24, 2.45) is 0 Å². The van der Waals surface area contributed by atoms with Crippen LogP contribution < -0.4 is 5.32 Å². The van der Waals surface area contributed by atoms with Crippen LogP contribution in [0.5, 0.6) is 0 Å². The Morgan fingerprint density at radius 3 is 2.93 bits per heavy atom. The van der Waals surface area contributed by atoms with Crippen molar-refractivity contribution in [1.82, 2.24) is 15.5 Å². The summed E-state index contributed by atoms with van der Waals surface area (Å²) in [6.45, 7) is 1.94. The van der Waals surface area contributed by atoms with Crippen LogP contribution in [0.4, 0.5) is 0 Å². The summed E-state index contributed by atoms with van der Waals surface area (Å²) in [4.78, 5) is 0. The fourth-order valence-electron chi connectivity index (χ4n) is 1.03. The van der Waals surface area contributed by atoms with Gasteiger partial charge in [-0.1, -0.05) is 0 Å². The minimum atomic E-state index is 0.0474. The van der Waals surface area contributed by atoms with Gasteiger partial charge in [0.1, 0.15) is 0 Å². The minimum absolute atomic E-state index is 0.0474. The Labute approximate surface area is 81.1 Å². The number of furan rings is 1. The maximum absolute atomic E-state index is 5.40. The molecule has 1 atom stereocenters. The normalized spacial score (nSPS) is 13.0. The number of hydrogen-bond acceptors (Lipinski definition) is 5. The highest BCUT2D eigenvalue weighted by Gasteiger charge is 2.14. The molecule has 0 radical (unpaired) electrons. The van der Waals surface area contributed by atoms with Crippen LogP contribution in [-0.4, -0.2) is 17.2 Å². The predicted octanol–water partition coefficient (Wildman–Crippen LogP) is 1.61. The Kier molecular flexibility index (Phi) is 2.32. The maximum atomic E-state index is 5.40. The molecule has 0 aromatic carbocycles. The van der Waals surface area contributed by atoms with E-state index < -0.39 is 0 Å². The van der Waals surface area contributed by atoms with Gasteiger partial charge in [0.15, 0.2) is 5.76 Å². The van der Waals surface area contributed by atoms with Crippen LogP contribution in [0.1, 0.15) is 18.9 Å². The maximum Gasteiger partial charge on any atom is 0.283 e. The molecule has 0 fully saturated rings. The molecule has 5 heteroatoms. The molecule has 2 heterocycles. The zero-order chi connectivity index (χ0) is 9.97. The van der Waals surface area contributed by atoms with Crippen LogP contribution in [0.25, 0.3) is 11.7 Å². The van der Waals surface area contributed by atoms with E-state index in [2.05, 4.69) is 15.5 Å². The van der Waals surface area contributed by atoms with Gasteiger partial charge < -0.3 is 14.2 Å². The van der Waals surface area contributed by atoms with Gasteiger partial charge in [0, 0.05) is 0 Å². The van der Waals surface area contributed by atoms with Crippen molar-refractivity contribution < 1.29 is 8.83 Å². The first-order valence-electron chi connectivity index (χ1n) is 4.36. The molecule has 74 valence electrons. The number of rotatable bonds is 3. The van der Waals surface area contributed by atoms with Crippen LogP contribution in [0.15, 0.2) is 27.2 Å². The van der Waals surface area contributed by atoms with Gasteiger partial charge >= 0.3 is 0 Å². The highest BCUT2D eigenvalue weighted by molar-refractivity contribution is 5.42. The van der Waals surface area contributed by atoms with Gasteiger partial charge in [0.25, 0.3) is 5.89 Å². The van der Waals surface area contributed by atoms with Crippen molar-refractivity contribution in [3.05, 3.63) is 24.3 Å². The van der Waals surface area contributed by atoms with Gasteiger partial charge in [-0.3, -0.25) is 0 Å². The van der Waals surface area contributed by atoms with Crippen molar-refractivity contribution in [3.8, 4) is 11.7 Å². The molecule has 14 heavy (non-hydrogen) atoms.